The second-order valence-electron chi connectivity index (χ2n) is 8.78. The lowest BCUT2D eigenvalue weighted by Crippen LogP contribution is -2.40. The number of pyridine rings is 1. The fourth-order valence-corrected chi connectivity index (χ4v) is 4.28. The van der Waals surface area contributed by atoms with Gasteiger partial charge in [-0.2, -0.15) is 0 Å². The number of aromatic nitrogens is 3. The third-order valence-corrected chi connectivity index (χ3v) is 6.08. The fraction of sp³-hybridized carbons (Fsp3) is 0.385. The molecule has 0 radical (unpaired) electrons. The van der Waals surface area contributed by atoms with Gasteiger partial charge in [0.05, 0.1) is 19.2 Å². The number of nitrogens with zero attached hydrogens (tertiary/aromatic N) is 5. The zero-order chi connectivity index (χ0) is 23.4. The first-order chi connectivity index (χ1) is 15.9. The van der Waals surface area contributed by atoms with Gasteiger partial charge in [-0.15, -0.1) is 0 Å². The van der Waals surface area contributed by atoms with Crippen molar-refractivity contribution in [2.75, 3.05) is 39.2 Å². The molecule has 1 saturated heterocycles. The van der Waals surface area contributed by atoms with Crippen LogP contribution >= 0.6 is 0 Å². The summed E-state index contributed by atoms with van der Waals surface area (Å²) in [5, 5.41) is 0. The summed E-state index contributed by atoms with van der Waals surface area (Å²) in [5.41, 5.74) is 3.91. The number of likely N-dealkylation sites (tertiary alicyclic amines) is 1. The summed E-state index contributed by atoms with van der Waals surface area (Å²) in [7, 11) is 5.60. The second-order valence-corrected chi connectivity index (χ2v) is 8.78. The molecule has 1 fully saturated rings. The average molecular weight is 446 g/mol. The molecule has 4 rings (SSSR count). The van der Waals surface area contributed by atoms with Crippen LogP contribution < -0.4 is 9.64 Å². The molecular formula is C26H31N5O2. The van der Waals surface area contributed by atoms with E-state index in [1.165, 1.54) is 0 Å². The van der Waals surface area contributed by atoms with Gasteiger partial charge in [0.1, 0.15) is 11.6 Å². The molecule has 1 unspecified atom stereocenters. The largest absolute Gasteiger partial charge is 0.496 e. The maximum Gasteiger partial charge on any atom is 0.227 e. The van der Waals surface area contributed by atoms with Crippen molar-refractivity contribution >= 4 is 11.7 Å². The Bertz CT molecular complexity index is 1120. The third kappa shape index (κ3) is 5.30. The number of hydrogen-bond acceptors (Lipinski definition) is 6. The molecule has 7 nitrogen and oxygen atoms in total. The predicted molar refractivity (Wildman–Crippen MR) is 130 cm³/mol. The monoisotopic (exact) mass is 445 g/mol. The van der Waals surface area contributed by atoms with Gasteiger partial charge in [-0.1, -0.05) is 17.7 Å². The first kappa shape index (κ1) is 22.7. The number of ether oxygens (including phenoxy) is 1. The van der Waals surface area contributed by atoms with E-state index < -0.39 is 0 Å². The Kier molecular flexibility index (Phi) is 6.87. The second kappa shape index (κ2) is 9.98. The predicted octanol–water partition coefficient (Wildman–Crippen LogP) is 3.87. The first-order valence-corrected chi connectivity index (χ1v) is 11.3. The van der Waals surface area contributed by atoms with E-state index in [-0.39, 0.29) is 11.8 Å². The van der Waals surface area contributed by atoms with E-state index in [0.717, 1.165) is 53.3 Å². The SMILES string of the molecule is COc1ccc(C)cc1CC(=O)N1CCCC(c2cc(N(C)C)nc(-c3cccnc3)n2)C1. The van der Waals surface area contributed by atoms with Crippen LogP contribution in [-0.4, -0.2) is 60.1 Å². The highest BCUT2D eigenvalue weighted by Crippen LogP contribution is 2.30. The van der Waals surface area contributed by atoms with Crippen LogP contribution in [0.1, 0.15) is 35.6 Å². The fourth-order valence-electron chi connectivity index (χ4n) is 4.28. The highest BCUT2D eigenvalue weighted by atomic mass is 16.5. The molecule has 33 heavy (non-hydrogen) atoms. The highest BCUT2D eigenvalue weighted by molar-refractivity contribution is 5.79. The van der Waals surface area contributed by atoms with Gasteiger partial charge < -0.3 is 14.5 Å². The van der Waals surface area contributed by atoms with Gasteiger partial charge in [0, 0.05) is 62.7 Å². The average Bonchev–Trinajstić information content (AvgIpc) is 2.84. The topological polar surface area (TPSA) is 71.5 Å². The van der Waals surface area contributed by atoms with Crippen LogP contribution in [0.15, 0.2) is 48.8 Å². The van der Waals surface area contributed by atoms with Crippen LogP contribution in [-0.2, 0) is 11.2 Å². The molecule has 172 valence electrons. The summed E-state index contributed by atoms with van der Waals surface area (Å²) in [6.45, 7) is 3.45. The van der Waals surface area contributed by atoms with Crippen molar-refractivity contribution in [3.05, 3.63) is 65.6 Å². The number of piperidine rings is 1. The van der Waals surface area contributed by atoms with Gasteiger partial charge in [0.2, 0.25) is 5.91 Å². The van der Waals surface area contributed by atoms with Crippen LogP contribution in [0.25, 0.3) is 11.4 Å². The molecule has 0 saturated carbocycles. The normalized spacial score (nSPS) is 15.9. The van der Waals surface area contributed by atoms with E-state index >= 15 is 0 Å². The van der Waals surface area contributed by atoms with Gasteiger partial charge in [-0.05, 0) is 38.0 Å². The van der Waals surface area contributed by atoms with Crippen LogP contribution in [0.5, 0.6) is 5.75 Å². The Hall–Kier alpha value is -3.48. The Labute approximate surface area is 195 Å². The summed E-state index contributed by atoms with van der Waals surface area (Å²) in [5.74, 6) is 2.57. The van der Waals surface area contributed by atoms with Gasteiger partial charge in [0.15, 0.2) is 5.82 Å². The van der Waals surface area contributed by atoms with E-state index in [1.54, 1.807) is 19.5 Å². The zero-order valence-electron chi connectivity index (χ0n) is 19.8. The van der Waals surface area contributed by atoms with Crippen molar-refractivity contribution in [1.29, 1.82) is 0 Å². The minimum Gasteiger partial charge on any atom is -0.496 e. The van der Waals surface area contributed by atoms with Crippen molar-refractivity contribution in [2.45, 2.75) is 32.1 Å². The number of hydrogen-bond donors (Lipinski definition) is 0. The molecule has 3 aromatic rings. The summed E-state index contributed by atoms with van der Waals surface area (Å²) >= 11 is 0. The molecule has 1 aromatic carbocycles. The van der Waals surface area contributed by atoms with Crippen molar-refractivity contribution < 1.29 is 9.53 Å². The van der Waals surface area contributed by atoms with Crippen molar-refractivity contribution in [3.63, 3.8) is 0 Å². The molecule has 0 spiro atoms. The van der Waals surface area contributed by atoms with Gasteiger partial charge in [-0.25, -0.2) is 9.97 Å². The lowest BCUT2D eigenvalue weighted by Gasteiger charge is -2.33. The molecular weight excluding hydrogens is 414 g/mol. The zero-order valence-corrected chi connectivity index (χ0v) is 19.8. The number of anilines is 1. The van der Waals surface area contributed by atoms with E-state index in [1.807, 2.05) is 67.2 Å². The third-order valence-electron chi connectivity index (χ3n) is 6.08. The lowest BCUT2D eigenvalue weighted by molar-refractivity contribution is -0.131. The summed E-state index contributed by atoms with van der Waals surface area (Å²) in [6, 6.07) is 11.9. The van der Waals surface area contributed by atoms with Crippen LogP contribution in [0.4, 0.5) is 5.82 Å². The Morgan fingerprint density at radius 3 is 2.79 bits per heavy atom. The standard InChI is InChI=1S/C26H31N5O2/c1-18-9-10-23(33-4)21(13-18)14-25(32)31-12-6-8-20(17-31)22-15-24(30(2)3)29-26(28-22)19-7-5-11-27-16-19/h5,7,9-11,13,15-16,20H,6,8,12,14,17H2,1-4H3. The maximum atomic E-state index is 13.2. The summed E-state index contributed by atoms with van der Waals surface area (Å²) in [4.78, 5) is 31.0. The number of rotatable bonds is 6. The Balaban J connectivity index is 1.56. The minimum absolute atomic E-state index is 0.123. The molecule has 1 aliphatic rings. The Morgan fingerprint density at radius 1 is 1.21 bits per heavy atom. The van der Waals surface area contributed by atoms with E-state index in [2.05, 4.69) is 4.98 Å². The molecule has 0 aliphatic carbocycles. The van der Waals surface area contributed by atoms with Crippen molar-refractivity contribution in [2.24, 2.45) is 0 Å². The van der Waals surface area contributed by atoms with E-state index in [9.17, 15) is 4.79 Å². The van der Waals surface area contributed by atoms with E-state index in [0.29, 0.717) is 18.8 Å². The molecule has 1 amide bonds. The van der Waals surface area contributed by atoms with Gasteiger partial charge >= 0.3 is 0 Å². The summed E-state index contributed by atoms with van der Waals surface area (Å²) < 4.78 is 5.47. The quantitative estimate of drug-likeness (QED) is 0.574. The minimum atomic E-state index is 0.123. The molecule has 7 heteroatoms. The van der Waals surface area contributed by atoms with Crippen LogP contribution in [0, 0.1) is 6.92 Å². The number of amides is 1. The first-order valence-electron chi connectivity index (χ1n) is 11.3. The van der Waals surface area contributed by atoms with Crippen molar-refractivity contribution in [3.8, 4) is 17.1 Å². The van der Waals surface area contributed by atoms with Crippen LogP contribution in [0.2, 0.25) is 0 Å². The Morgan fingerprint density at radius 2 is 2.06 bits per heavy atom. The van der Waals surface area contributed by atoms with Gasteiger partial charge in [-0.3, -0.25) is 9.78 Å². The number of carbonyl (C=O) groups is 1. The molecule has 2 aromatic heterocycles. The van der Waals surface area contributed by atoms with E-state index in [4.69, 9.17) is 14.7 Å². The van der Waals surface area contributed by atoms with Crippen molar-refractivity contribution in [1.82, 2.24) is 19.9 Å². The number of carbonyl (C=O) groups excluding carboxylic acids is 1. The molecule has 1 aliphatic heterocycles. The molecule has 3 heterocycles. The number of benzene rings is 1. The molecule has 0 bridgehead atoms. The highest BCUT2D eigenvalue weighted by Gasteiger charge is 2.27. The number of methoxy groups -OCH3 is 1. The van der Waals surface area contributed by atoms with Crippen LogP contribution in [0.3, 0.4) is 0 Å². The molecule has 1 atom stereocenters. The summed E-state index contributed by atoms with van der Waals surface area (Å²) in [6.07, 6.45) is 5.81. The molecule has 0 N–H and O–H groups in total. The number of aryl methyl sites for hydroxylation is 1. The lowest BCUT2D eigenvalue weighted by atomic mass is 9.93. The maximum absolute atomic E-state index is 13.2. The smallest absolute Gasteiger partial charge is 0.227 e. The van der Waals surface area contributed by atoms with Gasteiger partial charge in [0.25, 0.3) is 0 Å².